The second-order valence-corrected chi connectivity index (χ2v) is 13.0. The minimum atomic E-state index is 0.113. The van der Waals surface area contributed by atoms with Gasteiger partial charge in [-0.2, -0.15) is 0 Å². The smallest absolute Gasteiger partial charge is 0.308 e. The zero-order valence-electron chi connectivity index (χ0n) is 28.2. The van der Waals surface area contributed by atoms with Crippen molar-refractivity contribution in [3.05, 3.63) is 0 Å². The maximum Gasteiger partial charge on any atom is 0.308 e. The first-order chi connectivity index (χ1) is 19.8. The van der Waals surface area contributed by atoms with Crippen LogP contribution in [0.5, 0.6) is 0 Å². The molecule has 0 fully saturated rings. The number of unbranched alkanes of at least 4 members (excludes halogenated alkanes) is 27. The second-order valence-electron chi connectivity index (χ2n) is 13.0. The quantitative estimate of drug-likeness (QED) is 0.0574. The number of carbonyl (C=O) groups is 1. The van der Waals surface area contributed by atoms with E-state index in [2.05, 4.69) is 20.8 Å². The summed E-state index contributed by atoms with van der Waals surface area (Å²) in [6, 6.07) is 0. The molecule has 0 radical (unpaired) electrons. The third kappa shape index (κ3) is 30.4. The summed E-state index contributed by atoms with van der Waals surface area (Å²) in [4.78, 5) is 13.0. The molecule has 0 saturated heterocycles. The number of ether oxygens (including phenoxy) is 1. The van der Waals surface area contributed by atoms with Crippen molar-refractivity contribution >= 4 is 5.97 Å². The average molecular weight is 565 g/mol. The highest BCUT2D eigenvalue weighted by Gasteiger charge is 2.19. The van der Waals surface area contributed by atoms with Crippen LogP contribution in [-0.4, -0.2) is 12.6 Å². The molecule has 0 N–H and O–H groups in total. The molecule has 0 aromatic heterocycles. The van der Waals surface area contributed by atoms with Crippen LogP contribution in [-0.2, 0) is 9.53 Å². The molecule has 0 amide bonds. The summed E-state index contributed by atoms with van der Waals surface area (Å²) >= 11 is 0. The molecule has 0 heterocycles. The van der Waals surface area contributed by atoms with Crippen LogP contribution in [0.15, 0.2) is 0 Å². The van der Waals surface area contributed by atoms with E-state index < -0.39 is 0 Å². The van der Waals surface area contributed by atoms with Crippen LogP contribution in [0.3, 0.4) is 0 Å². The van der Waals surface area contributed by atoms with Gasteiger partial charge in [0.15, 0.2) is 0 Å². The van der Waals surface area contributed by atoms with Gasteiger partial charge in [-0.25, -0.2) is 0 Å². The highest BCUT2D eigenvalue weighted by Crippen LogP contribution is 2.22. The molecule has 2 heteroatoms. The van der Waals surface area contributed by atoms with Gasteiger partial charge in [0.2, 0.25) is 0 Å². The summed E-state index contributed by atoms with van der Waals surface area (Å²) in [5.74, 6) is 0.258. The van der Waals surface area contributed by atoms with Crippen LogP contribution in [0.25, 0.3) is 0 Å². The first-order valence-electron chi connectivity index (χ1n) is 18.9. The average Bonchev–Trinajstić information content (AvgIpc) is 2.96. The molecule has 1 unspecified atom stereocenters. The molecule has 240 valence electrons. The standard InChI is InChI=1S/C38H76O2/c1-4-7-10-13-16-19-21-23-26-29-32-35-37(34-31-28-25-18-15-12-9-6-3)38(39)40-36-33-30-27-24-22-20-17-14-11-8-5-2/h37H,4-36H2,1-3H3. The number of esters is 1. The Morgan fingerprint density at radius 3 is 0.925 bits per heavy atom. The monoisotopic (exact) mass is 565 g/mol. The number of rotatable bonds is 34. The molecule has 0 aromatic rings. The topological polar surface area (TPSA) is 26.3 Å². The van der Waals surface area contributed by atoms with Crippen LogP contribution in [0.2, 0.25) is 0 Å². The molecule has 2 nitrogen and oxygen atoms in total. The molecule has 0 aromatic carbocycles. The van der Waals surface area contributed by atoms with E-state index in [0.29, 0.717) is 6.61 Å². The third-order valence-corrected chi connectivity index (χ3v) is 8.89. The van der Waals surface area contributed by atoms with Crippen molar-refractivity contribution in [2.24, 2.45) is 5.92 Å². The predicted octanol–water partition coefficient (Wildman–Crippen LogP) is 13.7. The Morgan fingerprint density at radius 1 is 0.375 bits per heavy atom. The largest absolute Gasteiger partial charge is 0.465 e. The summed E-state index contributed by atoms with van der Waals surface area (Å²) in [6.45, 7) is 7.50. The molecule has 0 aliphatic rings. The molecule has 0 spiro atoms. The van der Waals surface area contributed by atoms with Gasteiger partial charge in [0.05, 0.1) is 12.5 Å². The maximum atomic E-state index is 13.0. The fourth-order valence-electron chi connectivity index (χ4n) is 6.02. The van der Waals surface area contributed by atoms with E-state index in [1.807, 2.05) is 0 Å². The van der Waals surface area contributed by atoms with Crippen molar-refractivity contribution in [3.8, 4) is 0 Å². The summed E-state index contributed by atoms with van der Waals surface area (Å²) in [7, 11) is 0. The Labute approximate surface area is 254 Å². The number of carbonyl (C=O) groups excluding carboxylic acids is 1. The first-order valence-corrected chi connectivity index (χ1v) is 18.9. The molecular formula is C38H76O2. The summed E-state index contributed by atoms with van der Waals surface area (Å²) < 4.78 is 5.82. The van der Waals surface area contributed by atoms with Crippen molar-refractivity contribution in [2.75, 3.05) is 6.61 Å². The Morgan fingerprint density at radius 2 is 0.625 bits per heavy atom. The number of hydrogen-bond acceptors (Lipinski definition) is 2. The van der Waals surface area contributed by atoms with Crippen molar-refractivity contribution in [1.82, 2.24) is 0 Å². The van der Waals surface area contributed by atoms with Gasteiger partial charge >= 0.3 is 5.97 Å². The molecule has 0 aliphatic carbocycles. The predicted molar refractivity (Wildman–Crippen MR) is 179 cm³/mol. The Kier molecular flexibility index (Phi) is 34.2. The van der Waals surface area contributed by atoms with Gasteiger partial charge in [0.25, 0.3) is 0 Å². The van der Waals surface area contributed by atoms with E-state index in [-0.39, 0.29) is 11.9 Å². The minimum Gasteiger partial charge on any atom is -0.465 e. The van der Waals surface area contributed by atoms with Crippen molar-refractivity contribution in [3.63, 3.8) is 0 Å². The van der Waals surface area contributed by atoms with E-state index in [4.69, 9.17) is 4.74 Å². The van der Waals surface area contributed by atoms with Crippen LogP contribution in [0.1, 0.15) is 226 Å². The fourth-order valence-corrected chi connectivity index (χ4v) is 6.02. The van der Waals surface area contributed by atoms with Gasteiger partial charge in [0, 0.05) is 0 Å². The van der Waals surface area contributed by atoms with Gasteiger partial charge in [-0.15, -0.1) is 0 Å². The lowest BCUT2D eigenvalue weighted by Crippen LogP contribution is -2.18. The van der Waals surface area contributed by atoms with E-state index in [9.17, 15) is 4.79 Å². The van der Waals surface area contributed by atoms with Crippen LogP contribution in [0, 0.1) is 5.92 Å². The van der Waals surface area contributed by atoms with E-state index in [0.717, 1.165) is 19.3 Å². The van der Waals surface area contributed by atoms with Gasteiger partial charge in [-0.05, 0) is 19.3 Å². The first kappa shape index (κ1) is 39.5. The van der Waals surface area contributed by atoms with Crippen molar-refractivity contribution in [1.29, 1.82) is 0 Å². The van der Waals surface area contributed by atoms with Crippen LogP contribution < -0.4 is 0 Å². The molecule has 0 aliphatic heterocycles. The van der Waals surface area contributed by atoms with E-state index in [1.165, 1.54) is 186 Å². The van der Waals surface area contributed by atoms with Gasteiger partial charge < -0.3 is 4.74 Å². The molecular weight excluding hydrogens is 488 g/mol. The zero-order valence-corrected chi connectivity index (χ0v) is 28.2. The minimum absolute atomic E-state index is 0.113. The van der Waals surface area contributed by atoms with Crippen molar-refractivity contribution in [2.45, 2.75) is 226 Å². The molecule has 0 rings (SSSR count). The van der Waals surface area contributed by atoms with Gasteiger partial charge in [-0.3, -0.25) is 4.79 Å². The second kappa shape index (κ2) is 34.7. The SMILES string of the molecule is CCCCCCCCCCCCCOC(=O)C(CCCCCCCCCC)CCCCCCCCCCCCC. The normalized spacial score (nSPS) is 12.2. The van der Waals surface area contributed by atoms with Crippen molar-refractivity contribution < 1.29 is 9.53 Å². The lowest BCUT2D eigenvalue weighted by Gasteiger charge is -2.16. The Bertz CT molecular complexity index is 474. The number of hydrogen-bond donors (Lipinski definition) is 0. The van der Waals surface area contributed by atoms with Crippen LogP contribution in [0.4, 0.5) is 0 Å². The molecule has 0 saturated carbocycles. The van der Waals surface area contributed by atoms with E-state index >= 15 is 0 Å². The molecule has 1 atom stereocenters. The summed E-state index contributed by atoms with van der Waals surface area (Å²) in [5, 5.41) is 0. The molecule has 40 heavy (non-hydrogen) atoms. The summed E-state index contributed by atoms with van der Waals surface area (Å²) in [6.07, 6.45) is 42.5. The van der Waals surface area contributed by atoms with Crippen LogP contribution >= 0.6 is 0 Å². The zero-order chi connectivity index (χ0) is 29.2. The lowest BCUT2D eigenvalue weighted by atomic mass is 9.94. The Hall–Kier alpha value is -0.530. The van der Waals surface area contributed by atoms with E-state index in [1.54, 1.807) is 0 Å². The fraction of sp³-hybridized carbons (Fsp3) is 0.974. The highest BCUT2D eigenvalue weighted by molar-refractivity contribution is 5.72. The van der Waals surface area contributed by atoms with Gasteiger partial charge in [-0.1, -0.05) is 207 Å². The molecule has 0 bridgehead atoms. The highest BCUT2D eigenvalue weighted by atomic mass is 16.5. The van der Waals surface area contributed by atoms with Gasteiger partial charge in [0.1, 0.15) is 0 Å². The summed E-state index contributed by atoms with van der Waals surface area (Å²) in [5.41, 5.74) is 0. The Balaban J connectivity index is 4.01. The third-order valence-electron chi connectivity index (χ3n) is 8.89. The maximum absolute atomic E-state index is 13.0. The lowest BCUT2D eigenvalue weighted by molar-refractivity contribution is -0.149.